The van der Waals surface area contributed by atoms with E-state index in [4.69, 9.17) is 19.3 Å². The fourth-order valence-electron chi connectivity index (χ4n) is 6.14. The van der Waals surface area contributed by atoms with Crippen molar-refractivity contribution in [3.05, 3.63) is 24.3 Å². The zero-order valence-electron chi connectivity index (χ0n) is 35.3. The molecule has 0 radical (unpaired) electrons. The van der Waals surface area contributed by atoms with Gasteiger partial charge in [-0.3, -0.25) is 9.59 Å². The van der Waals surface area contributed by atoms with Crippen LogP contribution in [0, 0.1) is 0 Å². The summed E-state index contributed by atoms with van der Waals surface area (Å²) in [5.41, 5.74) is 0. The van der Waals surface area contributed by atoms with E-state index in [9.17, 15) is 14.4 Å². The number of nitrogens with one attached hydrogen (secondary N) is 1. The van der Waals surface area contributed by atoms with Crippen molar-refractivity contribution >= 4 is 18.0 Å². The SMILES string of the molecule is CCCCCCCCC=CCCCCCCCC(=O)OCC(CNC(=O)OCCN(C)CCO)OC(=O)CCCCCCCC=CCCCCCCCC. The van der Waals surface area contributed by atoms with E-state index in [-0.39, 0.29) is 38.3 Å². The predicted molar refractivity (Wildman–Crippen MR) is 224 cm³/mol. The molecule has 0 aliphatic heterocycles. The molecule has 0 aromatic rings. The molecule has 0 aromatic carbocycles. The minimum absolute atomic E-state index is 0.00981. The van der Waals surface area contributed by atoms with E-state index in [2.05, 4.69) is 43.5 Å². The molecule has 1 amide bonds. The molecule has 54 heavy (non-hydrogen) atoms. The summed E-state index contributed by atoms with van der Waals surface area (Å²) in [7, 11) is 1.83. The Morgan fingerprint density at radius 3 is 1.46 bits per heavy atom. The van der Waals surface area contributed by atoms with Gasteiger partial charge < -0.3 is 29.5 Å². The Balaban J connectivity index is 4.30. The van der Waals surface area contributed by atoms with E-state index in [0.717, 1.165) is 64.2 Å². The molecule has 0 saturated carbocycles. The number of alkyl carbamates (subject to hydrolysis) is 1. The molecule has 0 aliphatic rings. The van der Waals surface area contributed by atoms with Gasteiger partial charge in [-0.15, -0.1) is 0 Å². The number of allylic oxidation sites excluding steroid dienone is 4. The maximum Gasteiger partial charge on any atom is 0.407 e. The topological polar surface area (TPSA) is 114 Å². The van der Waals surface area contributed by atoms with Crippen molar-refractivity contribution in [2.24, 2.45) is 0 Å². The van der Waals surface area contributed by atoms with E-state index >= 15 is 0 Å². The predicted octanol–water partition coefficient (Wildman–Crippen LogP) is 11.2. The van der Waals surface area contributed by atoms with Crippen LogP contribution in [0.4, 0.5) is 4.79 Å². The summed E-state index contributed by atoms with van der Waals surface area (Å²) in [4.78, 5) is 39.3. The van der Waals surface area contributed by atoms with Gasteiger partial charge in [-0.1, -0.05) is 141 Å². The summed E-state index contributed by atoms with van der Waals surface area (Å²) >= 11 is 0. The number of likely N-dealkylation sites (N-methyl/N-ethyl adjacent to an activating group) is 1. The molecule has 0 aromatic heterocycles. The highest BCUT2D eigenvalue weighted by atomic mass is 16.6. The lowest BCUT2D eigenvalue weighted by atomic mass is 10.1. The monoisotopic (exact) mass is 765 g/mol. The maximum atomic E-state index is 12.7. The molecule has 9 heteroatoms. The molecule has 0 bridgehead atoms. The van der Waals surface area contributed by atoms with Gasteiger partial charge >= 0.3 is 18.0 Å². The van der Waals surface area contributed by atoms with Gasteiger partial charge in [0.25, 0.3) is 0 Å². The number of aliphatic hydroxyl groups is 1. The molecule has 9 nitrogen and oxygen atoms in total. The quantitative estimate of drug-likeness (QED) is 0.0274. The fourth-order valence-corrected chi connectivity index (χ4v) is 6.14. The van der Waals surface area contributed by atoms with Crippen LogP contribution in [0.1, 0.15) is 194 Å². The van der Waals surface area contributed by atoms with Crippen LogP contribution in [0.3, 0.4) is 0 Å². The average Bonchev–Trinajstić information content (AvgIpc) is 3.16. The number of nitrogens with zero attached hydrogens (tertiary/aromatic N) is 1. The molecule has 0 heterocycles. The van der Waals surface area contributed by atoms with Crippen molar-refractivity contribution < 1.29 is 33.7 Å². The van der Waals surface area contributed by atoms with E-state index in [1.807, 2.05) is 11.9 Å². The van der Waals surface area contributed by atoms with Crippen LogP contribution in [0.15, 0.2) is 24.3 Å². The van der Waals surface area contributed by atoms with Crippen LogP contribution in [0.25, 0.3) is 0 Å². The molecule has 0 spiro atoms. The van der Waals surface area contributed by atoms with Crippen molar-refractivity contribution in [2.45, 2.75) is 200 Å². The third-order valence-electron chi connectivity index (χ3n) is 9.68. The van der Waals surface area contributed by atoms with Gasteiger partial charge in [0.15, 0.2) is 6.10 Å². The van der Waals surface area contributed by atoms with E-state index in [1.165, 1.54) is 103 Å². The van der Waals surface area contributed by atoms with Gasteiger partial charge in [-0.2, -0.15) is 0 Å². The van der Waals surface area contributed by atoms with Crippen LogP contribution in [-0.2, 0) is 23.8 Å². The lowest BCUT2D eigenvalue weighted by Gasteiger charge is -2.19. The third kappa shape index (κ3) is 39.3. The first-order valence-corrected chi connectivity index (χ1v) is 22.3. The Labute approximate surface area is 331 Å². The van der Waals surface area contributed by atoms with Crippen molar-refractivity contribution in [1.82, 2.24) is 10.2 Å². The van der Waals surface area contributed by atoms with E-state index in [0.29, 0.717) is 25.9 Å². The summed E-state index contributed by atoms with van der Waals surface area (Å²) in [5.74, 6) is -0.674. The third-order valence-corrected chi connectivity index (χ3v) is 9.68. The Hall–Kier alpha value is -2.39. The Bertz CT molecular complexity index is 910. The van der Waals surface area contributed by atoms with Gasteiger partial charge in [0.1, 0.15) is 13.2 Å². The smallest absolute Gasteiger partial charge is 0.407 e. The first kappa shape index (κ1) is 51.6. The summed E-state index contributed by atoms with van der Waals surface area (Å²) in [6.07, 6.45) is 39.4. The summed E-state index contributed by atoms with van der Waals surface area (Å²) in [6, 6.07) is 0. The van der Waals surface area contributed by atoms with E-state index in [1.54, 1.807) is 0 Å². The first-order chi connectivity index (χ1) is 26.4. The molecular formula is C45H84N2O7. The molecule has 316 valence electrons. The second kappa shape index (κ2) is 41.8. The number of hydrogen-bond donors (Lipinski definition) is 2. The molecule has 2 N–H and O–H groups in total. The number of carbonyl (C=O) groups is 3. The lowest BCUT2D eigenvalue weighted by Crippen LogP contribution is -2.39. The number of carbonyl (C=O) groups excluding carboxylic acids is 3. The van der Waals surface area contributed by atoms with Crippen LogP contribution >= 0.6 is 0 Å². The van der Waals surface area contributed by atoms with Crippen LogP contribution in [-0.4, -0.2) is 80.6 Å². The lowest BCUT2D eigenvalue weighted by molar-refractivity contribution is -0.158. The minimum atomic E-state index is -0.789. The molecule has 0 saturated heterocycles. The Morgan fingerprint density at radius 1 is 0.574 bits per heavy atom. The van der Waals surface area contributed by atoms with Crippen molar-refractivity contribution in [1.29, 1.82) is 0 Å². The maximum absolute atomic E-state index is 12.7. The van der Waals surface area contributed by atoms with Gasteiger partial charge in [-0.25, -0.2) is 4.79 Å². The largest absolute Gasteiger partial charge is 0.462 e. The highest BCUT2D eigenvalue weighted by Gasteiger charge is 2.19. The highest BCUT2D eigenvalue weighted by Crippen LogP contribution is 2.13. The van der Waals surface area contributed by atoms with Crippen LogP contribution in [0.2, 0.25) is 0 Å². The average molecular weight is 765 g/mol. The number of rotatable bonds is 40. The number of ether oxygens (including phenoxy) is 3. The standard InChI is InChI=1S/C45H84N2O7/c1-4-6-8-10-12-14-16-18-20-22-24-26-28-30-32-34-43(49)53-41-42(40-46-45(51)52-39-37-47(3)36-38-48)54-44(50)35-33-31-29-27-25-23-21-19-17-15-13-11-9-7-5-2/h18-21,42,48H,4-17,22-41H2,1-3H3,(H,46,51). The molecular weight excluding hydrogens is 681 g/mol. The van der Waals surface area contributed by atoms with Crippen molar-refractivity contribution in [3.63, 3.8) is 0 Å². The van der Waals surface area contributed by atoms with Crippen LogP contribution < -0.4 is 5.32 Å². The first-order valence-electron chi connectivity index (χ1n) is 22.3. The summed E-state index contributed by atoms with van der Waals surface area (Å²) in [6.45, 7) is 5.55. The second-order valence-corrected chi connectivity index (χ2v) is 15.0. The second-order valence-electron chi connectivity index (χ2n) is 15.0. The Morgan fingerprint density at radius 2 is 1.00 bits per heavy atom. The number of esters is 2. The molecule has 0 rings (SSSR count). The van der Waals surface area contributed by atoms with Crippen molar-refractivity contribution in [2.75, 3.05) is 46.5 Å². The Kier molecular flexibility index (Phi) is 39.9. The number of aliphatic hydroxyl groups excluding tert-OH is 1. The molecule has 0 aliphatic carbocycles. The van der Waals surface area contributed by atoms with Crippen LogP contribution in [0.5, 0.6) is 0 Å². The fraction of sp³-hybridized carbons (Fsp3) is 0.844. The highest BCUT2D eigenvalue weighted by molar-refractivity contribution is 5.70. The molecule has 0 fully saturated rings. The summed E-state index contributed by atoms with van der Waals surface area (Å²) in [5, 5.41) is 11.7. The minimum Gasteiger partial charge on any atom is -0.462 e. The van der Waals surface area contributed by atoms with E-state index < -0.39 is 12.2 Å². The van der Waals surface area contributed by atoms with Gasteiger partial charge in [-0.05, 0) is 71.3 Å². The van der Waals surface area contributed by atoms with Gasteiger partial charge in [0.05, 0.1) is 13.2 Å². The number of hydrogen-bond acceptors (Lipinski definition) is 8. The summed E-state index contributed by atoms with van der Waals surface area (Å²) < 4.78 is 16.3. The zero-order chi connectivity index (χ0) is 39.6. The van der Waals surface area contributed by atoms with Gasteiger partial charge in [0, 0.05) is 25.9 Å². The van der Waals surface area contributed by atoms with Gasteiger partial charge in [0.2, 0.25) is 0 Å². The number of unbranched alkanes of at least 4 members (excludes halogenated alkanes) is 22. The molecule has 1 atom stereocenters. The number of amides is 1. The zero-order valence-corrected chi connectivity index (χ0v) is 35.3. The van der Waals surface area contributed by atoms with Crippen molar-refractivity contribution in [3.8, 4) is 0 Å². The molecule has 1 unspecified atom stereocenters. The normalized spacial score (nSPS) is 12.2.